The van der Waals surface area contributed by atoms with Crippen molar-refractivity contribution in [3.63, 3.8) is 0 Å². The second-order valence-corrected chi connectivity index (χ2v) is 7.84. The van der Waals surface area contributed by atoms with E-state index in [9.17, 15) is 4.79 Å². The Morgan fingerprint density at radius 1 is 0.970 bits per heavy atom. The van der Waals surface area contributed by atoms with Crippen LogP contribution in [0.25, 0.3) is 16.9 Å². The molecule has 1 amide bonds. The molecule has 3 aromatic carbocycles. The summed E-state index contributed by atoms with van der Waals surface area (Å²) in [7, 11) is 0. The quantitative estimate of drug-likeness (QED) is 0.364. The van der Waals surface area contributed by atoms with E-state index in [2.05, 4.69) is 15.6 Å². The second kappa shape index (κ2) is 8.63. The van der Waals surface area contributed by atoms with Crippen LogP contribution < -0.4 is 14.9 Å². The van der Waals surface area contributed by atoms with Gasteiger partial charge in [-0.1, -0.05) is 42.0 Å². The minimum atomic E-state index is -0.397. The van der Waals surface area contributed by atoms with E-state index < -0.39 is 5.91 Å². The molecule has 2 heterocycles. The van der Waals surface area contributed by atoms with Crippen molar-refractivity contribution in [3.05, 3.63) is 95.2 Å². The summed E-state index contributed by atoms with van der Waals surface area (Å²) >= 11 is 0. The fourth-order valence-corrected chi connectivity index (χ4v) is 3.59. The predicted molar refractivity (Wildman–Crippen MR) is 126 cm³/mol. The first kappa shape index (κ1) is 20.5. The predicted octanol–water partition coefficient (Wildman–Crippen LogP) is 4.65. The Bertz CT molecular complexity index is 1360. The van der Waals surface area contributed by atoms with Crippen LogP contribution in [0.15, 0.2) is 77.9 Å². The average Bonchev–Trinajstić information content (AvgIpc) is 3.47. The number of hydrazone groups is 1. The van der Waals surface area contributed by atoms with Gasteiger partial charge in [-0.15, -0.1) is 0 Å². The molecule has 0 saturated carbocycles. The fourth-order valence-electron chi connectivity index (χ4n) is 3.59. The van der Waals surface area contributed by atoms with Gasteiger partial charge in [0.05, 0.1) is 17.6 Å². The van der Waals surface area contributed by atoms with Crippen molar-refractivity contribution in [1.29, 1.82) is 0 Å². The van der Waals surface area contributed by atoms with Crippen molar-refractivity contribution in [2.24, 2.45) is 5.10 Å². The van der Waals surface area contributed by atoms with Crippen molar-refractivity contribution in [2.45, 2.75) is 13.8 Å². The van der Waals surface area contributed by atoms with Crippen LogP contribution in [0.3, 0.4) is 0 Å². The van der Waals surface area contributed by atoms with E-state index in [1.165, 1.54) is 0 Å². The third-order valence-corrected chi connectivity index (χ3v) is 5.31. The number of aryl methyl sites for hydroxylation is 2. The molecule has 0 saturated heterocycles. The lowest BCUT2D eigenvalue weighted by atomic mass is 10.1. The van der Waals surface area contributed by atoms with Gasteiger partial charge in [-0.2, -0.15) is 10.2 Å². The van der Waals surface area contributed by atoms with Gasteiger partial charge >= 0.3 is 0 Å². The van der Waals surface area contributed by atoms with Gasteiger partial charge in [-0.3, -0.25) is 4.79 Å². The maximum Gasteiger partial charge on any atom is 0.291 e. The van der Waals surface area contributed by atoms with E-state index in [4.69, 9.17) is 9.47 Å². The Kier molecular flexibility index (Phi) is 5.36. The summed E-state index contributed by atoms with van der Waals surface area (Å²) in [6.45, 7) is 4.27. The van der Waals surface area contributed by atoms with Crippen LogP contribution in [0.4, 0.5) is 0 Å². The first-order valence-electron chi connectivity index (χ1n) is 10.5. The lowest BCUT2D eigenvalue weighted by Gasteiger charge is -2.08. The van der Waals surface area contributed by atoms with E-state index in [0.29, 0.717) is 11.5 Å². The summed E-state index contributed by atoms with van der Waals surface area (Å²) in [6.07, 6.45) is 1.55. The maximum atomic E-state index is 12.8. The topological polar surface area (TPSA) is 77.7 Å². The molecule has 5 rings (SSSR count). The first-order chi connectivity index (χ1) is 16.1. The van der Waals surface area contributed by atoms with Gasteiger partial charge in [-0.25, -0.2) is 10.1 Å². The Labute approximate surface area is 191 Å². The minimum Gasteiger partial charge on any atom is -0.454 e. The van der Waals surface area contributed by atoms with Gasteiger partial charge in [-0.05, 0) is 61.4 Å². The monoisotopic (exact) mass is 438 g/mol. The summed E-state index contributed by atoms with van der Waals surface area (Å²) in [5.74, 6) is 0.957. The molecular formula is C26H22N4O3. The number of benzene rings is 3. The summed E-state index contributed by atoms with van der Waals surface area (Å²) in [5, 5.41) is 8.67. The molecule has 0 aliphatic carbocycles. The van der Waals surface area contributed by atoms with E-state index >= 15 is 0 Å². The zero-order valence-electron chi connectivity index (χ0n) is 18.3. The zero-order valence-corrected chi connectivity index (χ0v) is 18.3. The molecule has 4 aromatic rings. The van der Waals surface area contributed by atoms with Crippen LogP contribution in [-0.4, -0.2) is 28.7 Å². The molecule has 33 heavy (non-hydrogen) atoms. The average molecular weight is 438 g/mol. The van der Waals surface area contributed by atoms with Crippen LogP contribution in [0.2, 0.25) is 0 Å². The molecule has 0 fully saturated rings. The van der Waals surface area contributed by atoms with Crippen LogP contribution in [0.5, 0.6) is 11.5 Å². The van der Waals surface area contributed by atoms with Crippen molar-refractivity contribution in [1.82, 2.24) is 15.2 Å². The van der Waals surface area contributed by atoms with Crippen LogP contribution >= 0.6 is 0 Å². The first-order valence-corrected chi connectivity index (χ1v) is 10.5. The molecule has 0 bridgehead atoms. The molecule has 1 N–H and O–H groups in total. The number of nitrogens with zero attached hydrogens (tertiary/aromatic N) is 3. The number of amides is 1. The summed E-state index contributed by atoms with van der Waals surface area (Å²) < 4.78 is 12.5. The van der Waals surface area contributed by atoms with Gasteiger partial charge < -0.3 is 9.47 Å². The highest BCUT2D eigenvalue weighted by atomic mass is 16.7. The van der Waals surface area contributed by atoms with Crippen LogP contribution in [-0.2, 0) is 0 Å². The lowest BCUT2D eigenvalue weighted by molar-refractivity contribution is 0.0949. The molecule has 0 unspecified atom stereocenters. The molecule has 0 radical (unpaired) electrons. The van der Waals surface area contributed by atoms with Crippen LogP contribution in [0.1, 0.15) is 27.2 Å². The van der Waals surface area contributed by atoms with E-state index in [1.54, 1.807) is 23.0 Å². The largest absolute Gasteiger partial charge is 0.454 e. The number of aromatic nitrogens is 2. The Hall–Kier alpha value is -4.39. The molecule has 7 heteroatoms. The number of fused-ring (bicyclic) bond motifs is 1. The SMILES string of the molecule is Cc1ccc(-c2cc(C(=O)N/N=C\c3ccc4c(c3)OCO4)nn2-c2cccc(C)c2)cc1. The van der Waals surface area contributed by atoms with Gasteiger partial charge in [0.25, 0.3) is 5.91 Å². The van der Waals surface area contributed by atoms with E-state index in [1.807, 2.05) is 74.5 Å². The number of carbonyl (C=O) groups is 1. The molecule has 1 aliphatic heterocycles. The molecule has 164 valence electrons. The highest BCUT2D eigenvalue weighted by molar-refractivity contribution is 5.94. The number of hydrogen-bond acceptors (Lipinski definition) is 5. The third kappa shape index (κ3) is 4.34. The van der Waals surface area contributed by atoms with Crippen LogP contribution in [0, 0.1) is 13.8 Å². The number of nitrogens with one attached hydrogen (secondary N) is 1. The fraction of sp³-hybridized carbons (Fsp3) is 0.115. The molecule has 1 aromatic heterocycles. The number of rotatable bonds is 5. The molecule has 0 atom stereocenters. The van der Waals surface area contributed by atoms with Crippen molar-refractivity contribution < 1.29 is 14.3 Å². The highest BCUT2D eigenvalue weighted by Gasteiger charge is 2.17. The van der Waals surface area contributed by atoms with Crippen molar-refractivity contribution >= 4 is 12.1 Å². The summed E-state index contributed by atoms with van der Waals surface area (Å²) in [5.41, 5.74) is 8.57. The number of carbonyl (C=O) groups excluding carboxylic acids is 1. The Morgan fingerprint density at radius 3 is 2.61 bits per heavy atom. The van der Waals surface area contributed by atoms with E-state index in [0.717, 1.165) is 33.6 Å². The summed E-state index contributed by atoms with van der Waals surface area (Å²) in [4.78, 5) is 12.8. The standard InChI is InChI=1S/C26H22N4O3/c1-17-6-9-20(10-7-17)23-14-22(29-30(23)21-5-3-4-18(2)12-21)26(31)28-27-15-19-8-11-24-25(13-19)33-16-32-24/h3-15H,16H2,1-2H3,(H,28,31)/b27-15-. The van der Waals surface area contributed by atoms with Crippen molar-refractivity contribution in [2.75, 3.05) is 6.79 Å². The maximum absolute atomic E-state index is 12.8. The second-order valence-electron chi connectivity index (χ2n) is 7.84. The van der Waals surface area contributed by atoms with Gasteiger partial charge in [0, 0.05) is 5.56 Å². The molecule has 7 nitrogen and oxygen atoms in total. The summed E-state index contributed by atoms with van der Waals surface area (Å²) in [6, 6.07) is 23.4. The molecule has 0 spiro atoms. The highest BCUT2D eigenvalue weighted by Crippen LogP contribution is 2.32. The van der Waals surface area contributed by atoms with Gasteiger partial charge in [0.2, 0.25) is 6.79 Å². The Balaban J connectivity index is 1.42. The third-order valence-electron chi connectivity index (χ3n) is 5.31. The number of hydrogen-bond donors (Lipinski definition) is 1. The van der Waals surface area contributed by atoms with Gasteiger partial charge in [0.15, 0.2) is 17.2 Å². The normalized spacial score (nSPS) is 12.3. The van der Waals surface area contributed by atoms with Crippen molar-refractivity contribution in [3.8, 4) is 28.4 Å². The van der Waals surface area contributed by atoms with E-state index in [-0.39, 0.29) is 12.5 Å². The minimum absolute atomic E-state index is 0.208. The smallest absolute Gasteiger partial charge is 0.291 e. The molecule has 1 aliphatic rings. The molecular weight excluding hydrogens is 416 g/mol. The zero-order chi connectivity index (χ0) is 22.8. The number of ether oxygens (including phenoxy) is 2. The van der Waals surface area contributed by atoms with Gasteiger partial charge in [0.1, 0.15) is 0 Å². The lowest BCUT2D eigenvalue weighted by Crippen LogP contribution is -2.18. The Morgan fingerprint density at radius 2 is 1.79 bits per heavy atom.